The standard InChI is InChI=1S/C16H18F3N7/c1-4-21-14-11(16(17,18)19)7-22-15(24-14)25(3)13-8-23-26(9(13)2)12-5-10(12)6-20/h7-8,10,12H,4-5H2,1-3H3,(H,21,22,24). The molecule has 3 rings (SSSR count). The van der Waals surface area contributed by atoms with E-state index >= 15 is 0 Å². The average Bonchev–Trinajstić information content (AvgIpc) is 3.27. The van der Waals surface area contributed by atoms with E-state index in [1.807, 2.05) is 6.92 Å². The van der Waals surface area contributed by atoms with Crippen molar-refractivity contribution in [2.24, 2.45) is 5.92 Å². The summed E-state index contributed by atoms with van der Waals surface area (Å²) in [6, 6.07) is 2.26. The van der Waals surface area contributed by atoms with Gasteiger partial charge in [0.15, 0.2) is 0 Å². The van der Waals surface area contributed by atoms with E-state index in [0.29, 0.717) is 12.2 Å². The molecular formula is C16H18F3N7. The topological polar surface area (TPSA) is 82.7 Å². The lowest BCUT2D eigenvalue weighted by molar-refractivity contribution is -0.137. The molecule has 0 bridgehead atoms. The van der Waals surface area contributed by atoms with Crippen LogP contribution in [0.4, 0.5) is 30.6 Å². The van der Waals surface area contributed by atoms with Crippen LogP contribution in [0.5, 0.6) is 0 Å². The summed E-state index contributed by atoms with van der Waals surface area (Å²) in [5.74, 6) is -0.174. The van der Waals surface area contributed by atoms with Gasteiger partial charge in [0, 0.05) is 19.8 Å². The fraction of sp³-hybridized carbons (Fsp3) is 0.500. The molecule has 2 aromatic rings. The van der Waals surface area contributed by atoms with Crippen LogP contribution in [0.25, 0.3) is 0 Å². The number of hydrogen-bond donors (Lipinski definition) is 1. The fourth-order valence-electron chi connectivity index (χ4n) is 2.82. The minimum atomic E-state index is -4.53. The molecule has 26 heavy (non-hydrogen) atoms. The molecule has 0 saturated heterocycles. The zero-order chi connectivity index (χ0) is 19.1. The van der Waals surface area contributed by atoms with Crippen molar-refractivity contribution < 1.29 is 13.2 Å². The van der Waals surface area contributed by atoms with Crippen LogP contribution in [-0.2, 0) is 6.18 Å². The van der Waals surface area contributed by atoms with E-state index in [9.17, 15) is 13.2 Å². The fourth-order valence-corrected chi connectivity index (χ4v) is 2.82. The summed E-state index contributed by atoms with van der Waals surface area (Å²) in [7, 11) is 1.67. The lowest BCUT2D eigenvalue weighted by Crippen LogP contribution is -2.18. The van der Waals surface area contributed by atoms with Gasteiger partial charge in [-0.25, -0.2) is 4.98 Å². The van der Waals surface area contributed by atoms with E-state index in [0.717, 1.165) is 18.3 Å². The molecule has 2 heterocycles. The van der Waals surface area contributed by atoms with E-state index < -0.39 is 11.7 Å². The largest absolute Gasteiger partial charge is 0.421 e. The maximum Gasteiger partial charge on any atom is 0.421 e. The van der Waals surface area contributed by atoms with Gasteiger partial charge in [0.25, 0.3) is 0 Å². The average molecular weight is 365 g/mol. The van der Waals surface area contributed by atoms with Crippen molar-refractivity contribution in [3.05, 3.63) is 23.7 Å². The molecule has 1 aliphatic carbocycles. The van der Waals surface area contributed by atoms with Crippen LogP contribution in [0.2, 0.25) is 0 Å². The molecule has 1 aliphatic rings. The Morgan fingerprint density at radius 3 is 2.73 bits per heavy atom. The Kier molecular flexibility index (Phi) is 4.48. The molecule has 2 unspecified atom stereocenters. The molecule has 0 aliphatic heterocycles. The SMILES string of the molecule is CCNc1nc(N(C)c2cnn(C3CC3C#N)c2C)ncc1C(F)(F)F. The molecule has 7 nitrogen and oxygen atoms in total. The first kappa shape index (κ1) is 18.0. The van der Waals surface area contributed by atoms with Crippen molar-refractivity contribution in [3.8, 4) is 6.07 Å². The predicted octanol–water partition coefficient (Wildman–Crippen LogP) is 3.28. The first-order chi connectivity index (χ1) is 12.3. The van der Waals surface area contributed by atoms with Gasteiger partial charge in [-0.15, -0.1) is 0 Å². The van der Waals surface area contributed by atoms with Gasteiger partial charge >= 0.3 is 6.18 Å². The molecule has 10 heteroatoms. The lowest BCUT2D eigenvalue weighted by Gasteiger charge is -2.19. The Morgan fingerprint density at radius 1 is 1.42 bits per heavy atom. The van der Waals surface area contributed by atoms with Crippen molar-refractivity contribution in [1.29, 1.82) is 5.26 Å². The van der Waals surface area contributed by atoms with Crippen molar-refractivity contribution >= 4 is 17.5 Å². The first-order valence-electron chi connectivity index (χ1n) is 8.13. The summed E-state index contributed by atoms with van der Waals surface area (Å²) in [5, 5.41) is 15.9. The van der Waals surface area contributed by atoms with Crippen LogP contribution in [-0.4, -0.2) is 33.3 Å². The quantitative estimate of drug-likeness (QED) is 0.876. The highest BCUT2D eigenvalue weighted by atomic mass is 19.4. The molecular weight excluding hydrogens is 347 g/mol. The highest BCUT2D eigenvalue weighted by molar-refractivity contribution is 5.60. The van der Waals surface area contributed by atoms with Gasteiger partial charge in [-0.2, -0.15) is 28.5 Å². The van der Waals surface area contributed by atoms with Crippen molar-refractivity contribution in [3.63, 3.8) is 0 Å². The molecule has 1 N–H and O–H groups in total. The van der Waals surface area contributed by atoms with Crippen LogP contribution in [0.3, 0.4) is 0 Å². The lowest BCUT2D eigenvalue weighted by atomic mass is 10.3. The third-order valence-corrected chi connectivity index (χ3v) is 4.34. The second-order valence-electron chi connectivity index (χ2n) is 6.12. The van der Waals surface area contributed by atoms with Gasteiger partial charge in [0.2, 0.25) is 5.95 Å². The van der Waals surface area contributed by atoms with Crippen molar-refractivity contribution in [1.82, 2.24) is 19.7 Å². The van der Waals surface area contributed by atoms with E-state index in [-0.39, 0.29) is 23.7 Å². The van der Waals surface area contributed by atoms with Gasteiger partial charge < -0.3 is 10.2 Å². The number of hydrogen-bond acceptors (Lipinski definition) is 6. The molecule has 1 fully saturated rings. The molecule has 0 spiro atoms. The summed E-state index contributed by atoms with van der Waals surface area (Å²) in [6.45, 7) is 3.85. The highest BCUT2D eigenvalue weighted by Crippen LogP contribution is 2.44. The number of nitrogens with one attached hydrogen (secondary N) is 1. The molecule has 2 aromatic heterocycles. The van der Waals surface area contributed by atoms with Crippen LogP contribution in [0.1, 0.15) is 30.6 Å². The van der Waals surface area contributed by atoms with E-state index in [1.54, 1.807) is 29.7 Å². The molecule has 0 aromatic carbocycles. The van der Waals surface area contributed by atoms with Gasteiger partial charge in [-0.3, -0.25) is 4.68 Å². The zero-order valence-corrected chi connectivity index (χ0v) is 14.5. The number of halogens is 3. The Morgan fingerprint density at radius 2 is 2.15 bits per heavy atom. The van der Waals surface area contributed by atoms with Gasteiger partial charge in [0.1, 0.15) is 11.4 Å². The Bertz CT molecular complexity index is 853. The number of anilines is 3. The first-order valence-corrected chi connectivity index (χ1v) is 8.13. The zero-order valence-electron chi connectivity index (χ0n) is 14.5. The highest BCUT2D eigenvalue weighted by Gasteiger charge is 2.41. The Labute approximate surface area is 148 Å². The van der Waals surface area contributed by atoms with Crippen molar-refractivity contribution in [2.75, 3.05) is 23.8 Å². The molecule has 2 atom stereocenters. The second-order valence-corrected chi connectivity index (χ2v) is 6.12. The third kappa shape index (κ3) is 3.16. The normalized spacial score (nSPS) is 19.1. The number of rotatable bonds is 5. The van der Waals surface area contributed by atoms with E-state index in [4.69, 9.17) is 5.26 Å². The molecule has 0 radical (unpaired) electrons. The predicted molar refractivity (Wildman–Crippen MR) is 89.0 cm³/mol. The van der Waals surface area contributed by atoms with Crippen LogP contribution in [0.15, 0.2) is 12.4 Å². The summed E-state index contributed by atoms with van der Waals surface area (Å²) in [5.41, 5.74) is 0.582. The van der Waals surface area contributed by atoms with Crippen LogP contribution >= 0.6 is 0 Å². The van der Waals surface area contributed by atoms with Gasteiger partial charge in [-0.1, -0.05) is 0 Å². The third-order valence-electron chi connectivity index (χ3n) is 4.34. The smallest absolute Gasteiger partial charge is 0.370 e. The van der Waals surface area contributed by atoms with Crippen molar-refractivity contribution in [2.45, 2.75) is 32.5 Å². The minimum absolute atomic E-state index is 0.0468. The van der Waals surface area contributed by atoms with E-state index in [1.165, 1.54) is 0 Å². The molecule has 0 amide bonds. The maximum absolute atomic E-state index is 13.1. The summed E-state index contributed by atoms with van der Waals surface area (Å²) in [4.78, 5) is 9.50. The van der Waals surface area contributed by atoms with Gasteiger partial charge in [0.05, 0.1) is 35.6 Å². The Hall–Kier alpha value is -2.83. The number of nitrogens with zero attached hydrogens (tertiary/aromatic N) is 6. The van der Waals surface area contributed by atoms with Crippen LogP contribution < -0.4 is 10.2 Å². The summed E-state index contributed by atoms with van der Waals surface area (Å²) in [6.07, 6.45) is -1.39. The molecule has 138 valence electrons. The number of alkyl halides is 3. The number of aromatic nitrogens is 4. The monoisotopic (exact) mass is 365 g/mol. The summed E-state index contributed by atoms with van der Waals surface area (Å²) >= 11 is 0. The summed E-state index contributed by atoms with van der Waals surface area (Å²) < 4.78 is 41.0. The molecule has 1 saturated carbocycles. The second kappa shape index (κ2) is 6.48. The number of nitriles is 1. The minimum Gasteiger partial charge on any atom is -0.370 e. The Balaban J connectivity index is 1.92. The van der Waals surface area contributed by atoms with E-state index in [2.05, 4.69) is 26.5 Å². The van der Waals surface area contributed by atoms with Gasteiger partial charge in [-0.05, 0) is 20.3 Å². The van der Waals surface area contributed by atoms with Crippen LogP contribution in [0, 0.1) is 24.2 Å². The maximum atomic E-state index is 13.1.